The van der Waals surface area contributed by atoms with Gasteiger partial charge in [-0.15, -0.1) is 0 Å². The fraction of sp³-hybridized carbons (Fsp3) is 0.320. The molecular formula is C25H29LiN4O5S2. The van der Waals surface area contributed by atoms with Crippen molar-refractivity contribution in [1.29, 1.82) is 0 Å². The molecule has 2 aromatic carbocycles. The SMILES string of the molecule is CSCCC(NC(=O)c1ccc(S(=O)(=O)NCCCn2ccnc2)cc1-c1ccccc1C)C(=O)[O-].[Li+]. The van der Waals surface area contributed by atoms with Crippen molar-refractivity contribution in [3.63, 3.8) is 0 Å². The summed E-state index contributed by atoms with van der Waals surface area (Å²) < 4.78 is 30.5. The number of thioether (sulfide) groups is 1. The molecule has 0 aliphatic rings. The van der Waals surface area contributed by atoms with Crippen LogP contribution in [0.3, 0.4) is 0 Å². The molecule has 0 bridgehead atoms. The molecule has 0 aliphatic heterocycles. The minimum Gasteiger partial charge on any atom is -0.548 e. The van der Waals surface area contributed by atoms with Crippen molar-refractivity contribution in [3.05, 3.63) is 72.3 Å². The van der Waals surface area contributed by atoms with Crippen molar-refractivity contribution < 1.29 is 42.0 Å². The molecule has 1 aromatic heterocycles. The van der Waals surface area contributed by atoms with Gasteiger partial charge < -0.3 is 19.8 Å². The van der Waals surface area contributed by atoms with E-state index in [0.29, 0.717) is 29.8 Å². The number of benzene rings is 2. The van der Waals surface area contributed by atoms with Gasteiger partial charge in [0.15, 0.2) is 0 Å². The van der Waals surface area contributed by atoms with Gasteiger partial charge in [0, 0.05) is 31.0 Å². The largest absolute Gasteiger partial charge is 1.00 e. The van der Waals surface area contributed by atoms with E-state index in [0.717, 1.165) is 5.56 Å². The normalized spacial score (nSPS) is 11.9. The van der Waals surface area contributed by atoms with Gasteiger partial charge in [0.1, 0.15) is 0 Å². The number of carbonyl (C=O) groups is 2. The zero-order valence-electron chi connectivity index (χ0n) is 21.1. The molecule has 1 amide bonds. The number of aryl methyl sites for hydroxylation is 2. The van der Waals surface area contributed by atoms with Crippen LogP contribution in [0.1, 0.15) is 28.8 Å². The van der Waals surface area contributed by atoms with E-state index >= 15 is 0 Å². The van der Waals surface area contributed by atoms with E-state index in [2.05, 4.69) is 15.0 Å². The summed E-state index contributed by atoms with van der Waals surface area (Å²) in [6.45, 7) is 2.70. The summed E-state index contributed by atoms with van der Waals surface area (Å²) in [5, 5.41) is 14.1. The van der Waals surface area contributed by atoms with Gasteiger partial charge >= 0.3 is 18.9 Å². The van der Waals surface area contributed by atoms with Crippen molar-refractivity contribution in [2.24, 2.45) is 0 Å². The van der Waals surface area contributed by atoms with E-state index in [1.165, 1.54) is 30.0 Å². The molecule has 3 rings (SSSR count). The predicted octanol–water partition coefficient (Wildman–Crippen LogP) is -1.17. The smallest absolute Gasteiger partial charge is 0.548 e. The Labute approximate surface area is 233 Å². The molecule has 1 heterocycles. The number of hydrogen-bond acceptors (Lipinski definition) is 7. The number of aromatic nitrogens is 2. The van der Waals surface area contributed by atoms with E-state index in [9.17, 15) is 23.1 Å². The molecule has 0 saturated carbocycles. The summed E-state index contributed by atoms with van der Waals surface area (Å²) in [4.78, 5) is 28.6. The van der Waals surface area contributed by atoms with Crippen LogP contribution >= 0.6 is 11.8 Å². The first-order valence-corrected chi connectivity index (χ1v) is 14.3. The van der Waals surface area contributed by atoms with Crippen molar-refractivity contribution in [1.82, 2.24) is 19.6 Å². The molecule has 37 heavy (non-hydrogen) atoms. The van der Waals surface area contributed by atoms with Gasteiger partial charge in [-0.1, -0.05) is 24.3 Å². The van der Waals surface area contributed by atoms with Crippen LogP contribution in [0.4, 0.5) is 0 Å². The van der Waals surface area contributed by atoms with Crippen LogP contribution in [-0.4, -0.2) is 54.4 Å². The van der Waals surface area contributed by atoms with E-state index in [1.54, 1.807) is 30.9 Å². The summed E-state index contributed by atoms with van der Waals surface area (Å²) in [5.41, 5.74) is 2.09. The Kier molecular flexibility index (Phi) is 11.9. The van der Waals surface area contributed by atoms with Gasteiger partial charge in [-0.2, -0.15) is 11.8 Å². The number of carboxylic acid groups (broad SMARTS) is 1. The van der Waals surface area contributed by atoms with Gasteiger partial charge in [-0.25, -0.2) is 18.1 Å². The molecule has 0 fully saturated rings. The van der Waals surface area contributed by atoms with Crippen LogP contribution in [0.15, 0.2) is 66.1 Å². The van der Waals surface area contributed by atoms with Gasteiger partial charge in [0.05, 0.1) is 23.2 Å². The van der Waals surface area contributed by atoms with Crippen molar-refractivity contribution >= 4 is 33.7 Å². The fourth-order valence-electron chi connectivity index (χ4n) is 3.68. The number of amides is 1. The zero-order chi connectivity index (χ0) is 26.1. The molecule has 3 aromatic rings. The second-order valence-electron chi connectivity index (χ2n) is 8.20. The second-order valence-corrected chi connectivity index (χ2v) is 11.0. The molecule has 12 heteroatoms. The fourth-order valence-corrected chi connectivity index (χ4v) is 5.25. The molecular weight excluding hydrogens is 507 g/mol. The van der Waals surface area contributed by atoms with Crippen molar-refractivity contribution in [2.75, 3.05) is 18.6 Å². The van der Waals surface area contributed by atoms with Crippen LogP contribution in [0.25, 0.3) is 11.1 Å². The number of nitrogens with one attached hydrogen (secondary N) is 2. The number of hydrogen-bond donors (Lipinski definition) is 2. The van der Waals surface area contributed by atoms with E-state index < -0.39 is 27.9 Å². The Balaban J connectivity index is 0.00000481. The Bertz CT molecular complexity index is 1300. The average Bonchev–Trinajstić information content (AvgIpc) is 3.38. The standard InChI is InChI=1S/C25H30N4O5S2.Li/c1-18-6-3-4-7-20(18)22-16-19(36(33,34)27-11-5-13-29-14-12-26-17-29)8-9-21(22)24(30)28-23(25(31)32)10-15-35-2;/h3-4,6-9,12,14,16-17,23,27H,5,10-11,13,15H2,1-2H3,(H,28,30)(H,31,32);/q;+1/p-1. The maximum Gasteiger partial charge on any atom is 1.00 e. The minimum atomic E-state index is -3.85. The number of sulfonamides is 1. The minimum absolute atomic E-state index is 0. The maximum atomic E-state index is 13.1. The van der Waals surface area contributed by atoms with E-state index in [-0.39, 0.29) is 42.3 Å². The molecule has 0 saturated heterocycles. The predicted molar refractivity (Wildman–Crippen MR) is 138 cm³/mol. The van der Waals surface area contributed by atoms with Crippen LogP contribution in [0.5, 0.6) is 0 Å². The maximum absolute atomic E-state index is 13.1. The van der Waals surface area contributed by atoms with Gasteiger partial charge in [0.2, 0.25) is 10.0 Å². The molecule has 0 aliphatic carbocycles. The summed E-state index contributed by atoms with van der Waals surface area (Å²) in [7, 11) is -3.85. The Morgan fingerprint density at radius 3 is 2.57 bits per heavy atom. The number of aliphatic carboxylic acids is 1. The summed E-state index contributed by atoms with van der Waals surface area (Å²) in [5.74, 6) is -1.44. The molecule has 0 radical (unpaired) electrons. The average molecular weight is 537 g/mol. The van der Waals surface area contributed by atoms with Gasteiger partial charge in [-0.05, 0) is 66.7 Å². The molecule has 0 spiro atoms. The third kappa shape index (κ3) is 8.48. The van der Waals surface area contributed by atoms with Crippen LogP contribution in [-0.2, 0) is 21.4 Å². The summed E-state index contributed by atoms with van der Waals surface area (Å²) >= 11 is 1.46. The second kappa shape index (κ2) is 14.4. The molecule has 2 N–H and O–H groups in total. The number of carbonyl (C=O) groups excluding carboxylic acids is 2. The number of carboxylic acids is 1. The topological polar surface area (TPSA) is 133 Å². The summed E-state index contributed by atoms with van der Waals surface area (Å²) in [6, 6.07) is 10.3. The molecule has 9 nitrogen and oxygen atoms in total. The Morgan fingerprint density at radius 2 is 1.92 bits per heavy atom. The molecule has 1 unspecified atom stereocenters. The quantitative estimate of drug-likeness (QED) is 0.208. The Hall–Kier alpha value is -2.55. The van der Waals surface area contributed by atoms with Crippen LogP contribution in [0, 0.1) is 6.92 Å². The van der Waals surface area contributed by atoms with Crippen molar-refractivity contribution in [3.8, 4) is 11.1 Å². The van der Waals surface area contributed by atoms with E-state index in [1.807, 2.05) is 29.9 Å². The van der Waals surface area contributed by atoms with Crippen LogP contribution in [0.2, 0.25) is 0 Å². The van der Waals surface area contributed by atoms with Crippen LogP contribution < -0.4 is 34.0 Å². The Morgan fingerprint density at radius 1 is 1.16 bits per heavy atom. The zero-order valence-corrected chi connectivity index (χ0v) is 22.8. The first-order valence-electron chi connectivity index (χ1n) is 11.4. The molecule has 1 atom stereocenters. The van der Waals surface area contributed by atoms with E-state index in [4.69, 9.17) is 0 Å². The summed E-state index contributed by atoms with van der Waals surface area (Å²) in [6.07, 6.45) is 7.76. The third-order valence-electron chi connectivity index (χ3n) is 5.63. The molecule has 192 valence electrons. The third-order valence-corrected chi connectivity index (χ3v) is 7.73. The first-order chi connectivity index (χ1) is 17.2. The monoisotopic (exact) mass is 536 g/mol. The van der Waals surface area contributed by atoms with Gasteiger partial charge in [0.25, 0.3) is 5.91 Å². The number of rotatable bonds is 13. The first kappa shape index (κ1) is 30.7. The number of nitrogens with zero attached hydrogens (tertiary/aromatic N) is 2. The number of imidazole rings is 1. The van der Waals surface area contributed by atoms with Gasteiger partial charge in [-0.3, -0.25) is 4.79 Å². The van der Waals surface area contributed by atoms with Crippen molar-refractivity contribution in [2.45, 2.75) is 37.2 Å².